The number of ether oxygens (including phenoxy) is 1. The second-order valence-electron chi connectivity index (χ2n) is 8.69. The first-order chi connectivity index (χ1) is 16.5. The van der Waals surface area contributed by atoms with E-state index in [9.17, 15) is 27.6 Å². The van der Waals surface area contributed by atoms with Gasteiger partial charge in [0.25, 0.3) is 5.72 Å². The lowest BCUT2D eigenvalue weighted by molar-refractivity contribution is -0.219. The number of alkyl halides is 3. The van der Waals surface area contributed by atoms with Crippen LogP contribution in [0.5, 0.6) is 0 Å². The highest BCUT2D eigenvalue weighted by Gasteiger charge is 2.47. The van der Waals surface area contributed by atoms with Crippen molar-refractivity contribution in [3.05, 3.63) is 48.0 Å². The summed E-state index contributed by atoms with van der Waals surface area (Å²) in [6.45, 7) is 0.773. The van der Waals surface area contributed by atoms with E-state index >= 15 is 0 Å². The van der Waals surface area contributed by atoms with Crippen molar-refractivity contribution in [2.75, 3.05) is 0 Å². The quantitative estimate of drug-likeness (QED) is 0.149. The van der Waals surface area contributed by atoms with Crippen molar-refractivity contribution >= 4 is 17.8 Å². The van der Waals surface area contributed by atoms with Crippen LogP contribution < -0.4 is 16.5 Å². The molecule has 0 unspecified atom stereocenters. The smallest absolute Gasteiger partial charge is 0.426 e. The van der Waals surface area contributed by atoms with E-state index in [-0.39, 0.29) is 11.9 Å². The lowest BCUT2D eigenvalue weighted by atomic mass is 10.1. The number of carbonyl (C=O) groups is 3. The lowest BCUT2D eigenvalue weighted by Gasteiger charge is -2.24. The first-order valence-electron chi connectivity index (χ1n) is 11.6. The van der Waals surface area contributed by atoms with Gasteiger partial charge in [-0.1, -0.05) is 62.1 Å². The summed E-state index contributed by atoms with van der Waals surface area (Å²) in [6.07, 6.45) is 4.68. The fourth-order valence-corrected chi connectivity index (χ4v) is 3.56. The molecule has 0 saturated heterocycles. The van der Waals surface area contributed by atoms with Gasteiger partial charge in [-0.05, 0) is 31.2 Å². The van der Waals surface area contributed by atoms with Crippen molar-refractivity contribution in [1.82, 2.24) is 10.8 Å². The second kappa shape index (κ2) is 13.2. The Kier molecular flexibility index (Phi) is 10.7. The molecule has 1 aliphatic carbocycles. The first kappa shape index (κ1) is 28.3. The number of rotatable bonds is 10. The van der Waals surface area contributed by atoms with E-state index in [1.807, 2.05) is 30.3 Å². The molecule has 1 aromatic rings. The number of amides is 1. The van der Waals surface area contributed by atoms with Gasteiger partial charge in [-0.3, -0.25) is 10.5 Å². The van der Waals surface area contributed by atoms with Crippen LogP contribution in [0.15, 0.2) is 42.5 Å². The zero-order valence-electron chi connectivity index (χ0n) is 19.6. The van der Waals surface area contributed by atoms with Gasteiger partial charge in [0.2, 0.25) is 5.91 Å². The predicted octanol–water partition coefficient (Wildman–Crippen LogP) is 3.21. The molecule has 2 atom stereocenters. The van der Waals surface area contributed by atoms with E-state index in [2.05, 4.69) is 15.5 Å². The number of hydrogen-bond acceptors (Lipinski definition) is 7. The normalized spacial score (nSPS) is 17.7. The molecule has 0 aromatic heterocycles. The zero-order chi connectivity index (χ0) is 25.9. The maximum Gasteiger partial charge on any atom is 0.491 e. The molecule has 0 heterocycles. The summed E-state index contributed by atoms with van der Waals surface area (Å²) in [6, 6.07) is 8.82. The molecule has 1 amide bonds. The topological polar surface area (TPSA) is 120 Å². The minimum Gasteiger partial charge on any atom is -0.426 e. The van der Waals surface area contributed by atoms with E-state index in [1.54, 1.807) is 0 Å². The van der Waals surface area contributed by atoms with Gasteiger partial charge in [0.05, 0.1) is 6.04 Å². The van der Waals surface area contributed by atoms with Gasteiger partial charge in [-0.25, -0.2) is 9.59 Å². The Balaban J connectivity index is 1.98. The maximum absolute atomic E-state index is 12.4. The van der Waals surface area contributed by atoms with Crippen molar-refractivity contribution in [1.29, 1.82) is 0 Å². The standard InChI is InChI=1S/C24H32F3N3O5/c1-23(28,34-22(33)24(25,26)27)21(32)35-30-19(14-13-17-9-5-4-6-10-17)15-16-20(31)29-18-11-7-2-3-8-12-18/h4-6,9-10,15-16,18-19,30H,2-3,7-8,11-14,28H2,1H3,(H,29,31)/b16-15+/t19-,23-/m0/s1. The Hall–Kier alpha value is -2.92. The first-order valence-corrected chi connectivity index (χ1v) is 11.6. The molecular weight excluding hydrogens is 467 g/mol. The fraction of sp³-hybridized carbons (Fsp3) is 0.542. The molecule has 194 valence electrons. The van der Waals surface area contributed by atoms with Gasteiger partial charge in [0.1, 0.15) is 0 Å². The van der Waals surface area contributed by atoms with Gasteiger partial charge >= 0.3 is 18.1 Å². The monoisotopic (exact) mass is 499 g/mol. The number of hydrogen-bond donors (Lipinski definition) is 3. The van der Waals surface area contributed by atoms with E-state index in [1.165, 1.54) is 12.2 Å². The zero-order valence-corrected chi connectivity index (χ0v) is 19.6. The van der Waals surface area contributed by atoms with Gasteiger partial charge in [0.15, 0.2) is 0 Å². The van der Waals surface area contributed by atoms with Crippen LogP contribution in [0.25, 0.3) is 0 Å². The highest BCUT2D eigenvalue weighted by molar-refractivity contribution is 5.87. The highest BCUT2D eigenvalue weighted by atomic mass is 19.4. The summed E-state index contributed by atoms with van der Waals surface area (Å²) in [5.41, 5.74) is 6.13. The molecule has 0 spiro atoms. The molecule has 1 saturated carbocycles. The van der Waals surface area contributed by atoms with Gasteiger partial charge in [-0.2, -0.15) is 13.2 Å². The molecule has 0 bridgehead atoms. The van der Waals surface area contributed by atoms with Gasteiger partial charge in [0, 0.05) is 19.0 Å². The molecule has 1 aromatic carbocycles. The number of nitrogens with two attached hydrogens (primary N) is 1. The molecule has 1 fully saturated rings. The largest absolute Gasteiger partial charge is 0.491 e. The minimum atomic E-state index is -5.32. The third kappa shape index (κ3) is 10.5. The van der Waals surface area contributed by atoms with Crippen molar-refractivity contribution < 1.29 is 37.1 Å². The minimum absolute atomic E-state index is 0.101. The summed E-state index contributed by atoms with van der Waals surface area (Å²) in [4.78, 5) is 40.4. The Bertz CT molecular complexity index is 867. The number of nitrogens with one attached hydrogen (secondary N) is 2. The van der Waals surface area contributed by atoms with Crippen molar-refractivity contribution in [2.45, 2.75) is 82.3 Å². The highest BCUT2D eigenvalue weighted by Crippen LogP contribution is 2.20. The number of carbonyl (C=O) groups excluding carboxylic acids is 3. The third-order valence-electron chi connectivity index (χ3n) is 5.51. The number of aryl methyl sites for hydroxylation is 1. The van der Waals surface area contributed by atoms with Crippen LogP contribution in [-0.4, -0.2) is 41.8 Å². The van der Waals surface area contributed by atoms with E-state index in [0.717, 1.165) is 51.0 Å². The molecule has 0 aliphatic heterocycles. The van der Waals surface area contributed by atoms with E-state index in [0.29, 0.717) is 12.8 Å². The number of benzene rings is 1. The van der Waals surface area contributed by atoms with Crippen LogP contribution in [0.3, 0.4) is 0 Å². The second-order valence-corrected chi connectivity index (χ2v) is 8.69. The Morgan fingerprint density at radius 3 is 2.31 bits per heavy atom. The Morgan fingerprint density at radius 1 is 1.09 bits per heavy atom. The predicted molar refractivity (Wildman–Crippen MR) is 121 cm³/mol. The van der Waals surface area contributed by atoms with Crippen LogP contribution in [-0.2, 0) is 30.4 Å². The number of esters is 1. The molecular formula is C24H32F3N3O5. The fourth-order valence-electron chi connectivity index (χ4n) is 3.56. The van der Waals surface area contributed by atoms with Gasteiger partial charge < -0.3 is 14.9 Å². The van der Waals surface area contributed by atoms with Crippen LogP contribution in [0.2, 0.25) is 0 Å². The van der Waals surface area contributed by atoms with Gasteiger partial charge in [-0.15, -0.1) is 5.48 Å². The summed E-state index contributed by atoms with van der Waals surface area (Å²) >= 11 is 0. The Morgan fingerprint density at radius 2 is 1.71 bits per heavy atom. The summed E-state index contributed by atoms with van der Waals surface area (Å²) in [5, 5.41) is 2.97. The third-order valence-corrected chi connectivity index (χ3v) is 5.51. The summed E-state index contributed by atoms with van der Waals surface area (Å²) in [5.74, 6) is -4.34. The average molecular weight is 500 g/mol. The van der Waals surface area contributed by atoms with Crippen molar-refractivity contribution in [3.8, 4) is 0 Å². The lowest BCUT2D eigenvalue weighted by Crippen LogP contribution is -2.53. The SMILES string of the molecule is C[C@](N)(OC(=O)C(F)(F)F)C(=O)ON[C@H](/C=C/C(=O)NC1CCCCCC1)CCc1ccccc1. The van der Waals surface area contributed by atoms with Crippen LogP contribution in [0.1, 0.15) is 57.4 Å². The molecule has 2 rings (SSSR count). The maximum atomic E-state index is 12.4. The van der Waals surface area contributed by atoms with Crippen LogP contribution in [0, 0.1) is 0 Å². The van der Waals surface area contributed by atoms with Crippen LogP contribution in [0.4, 0.5) is 13.2 Å². The van der Waals surface area contributed by atoms with Crippen LogP contribution >= 0.6 is 0 Å². The van der Waals surface area contributed by atoms with E-state index in [4.69, 9.17) is 10.6 Å². The summed E-state index contributed by atoms with van der Waals surface area (Å²) in [7, 11) is 0. The molecule has 0 radical (unpaired) electrons. The molecule has 8 nitrogen and oxygen atoms in total. The molecule has 1 aliphatic rings. The van der Waals surface area contributed by atoms with Crippen molar-refractivity contribution in [3.63, 3.8) is 0 Å². The number of halogens is 3. The molecule has 35 heavy (non-hydrogen) atoms. The molecule has 11 heteroatoms. The van der Waals surface area contributed by atoms with Crippen molar-refractivity contribution in [2.24, 2.45) is 5.73 Å². The molecule has 4 N–H and O–H groups in total. The Labute approximate surface area is 202 Å². The average Bonchev–Trinajstić information content (AvgIpc) is 3.06. The van der Waals surface area contributed by atoms with E-state index < -0.39 is 29.9 Å². The summed E-state index contributed by atoms with van der Waals surface area (Å²) < 4.78 is 41.4. The number of hydroxylamine groups is 1.